The summed E-state index contributed by atoms with van der Waals surface area (Å²) in [5.74, 6) is -1.28. The third-order valence-corrected chi connectivity index (χ3v) is 8.64. The van der Waals surface area contributed by atoms with Gasteiger partial charge in [-0.2, -0.15) is 31.6 Å². The van der Waals surface area contributed by atoms with Crippen molar-refractivity contribution < 1.29 is 8.78 Å². The van der Waals surface area contributed by atoms with Gasteiger partial charge in [-0.15, -0.1) is 0 Å². The highest BCUT2D eigenvalue weighted by Gasteiger charge is 2.34. The molecule has 0 heterocycles. The summed E-state index contributed by atoms with van der Waals surface area (Å²) >= 11 is 0. The third kappa shape index (κ3) is 4.25. The Balaban J connectivity index is 1.47. The van der Waals surface area contributed by atoms with Crippen LogP contribution in [-0.4, -0.2) is 0 Å². The van der Waals surface area contributed by atoms with Crippen molar-refractivity contribution in [3.05, 3.63) is 141 Å². The molecule has 0 atom stereocenters. The quantitative estimate of drug-likeness (QED) is 0.178. The van der Waals surface area contributed by atoms with Gasteiger partial charge in [0.2, 0.25) is 0 Å². The highest BCUT2D eigenvalue weighted by atomic mass is 19.1. The Bertz CT molecular complexity index is 2440. The van der Waals surface area contributed by atoms with Crippen molar-refractivity contribution in [2.24, 2.45) is 0 Å². The fourth-order valence-electron chi connectivity index (χ4n) is 6.47. The predicted octanol–water partition coefficient (Wildman–Crippen LogP) is 8.70. The van der Waals surface area contributed by atoms with Gasteiger partial charge in [-0.25, -0.2) is 8.78 Å². The fourth-order valence-corrected chi connectivity index (χ4v) is 6.47. The minimum atomic E-state index is -0.642. The van der Waals surface area contributed by atoms with Gasteiger partial charge in [0, 0.05) is 11.1 Å². The summed E-state index contributed by atoms with van der Waals surface area (Å²) in [6.45, 7) is 0. The number of halogens is 2. The van der Waals surface area contributed by atoms with E-state index < -0.39 is 11.6 Å². The van der Waals surface area contributed by atoms with Gasteiger partial charge in [0.25, 0.3) is 0 Å². The first-order valence-corrected chi connectivity index (χ1v) is 14.3. The van der Waals surface area contributed by atoms with Crippen LogP contribution < -0.4 is 0 Å². The summed E-state index contributed by atoms with van der Waals surface area (Å²) in [6, 6.07) is 34.7. The number of allylic oxidation sites excluding steroid dienone is 2. The van der Waals surface area contributed by atoms with E-state index in [4.69, 9.17) is 0 Å². The van der Waals surface area contributed by atoms with Crippen molar-refractivity contribution in [2.45, 2.75) is 0 Å². The first-order valence-electron chi connectivity index (χ1n) is 14.3. The third-order valence-electron chi connectivity index (χ3n) is 8.64. The maximum Gasteiger partial charge on any atom is 0.140 e. The number of nitrogens with zero attached hydrogens (tertiary/aromatic N) is 6. The highest BCUT2D eigenvalue weighted by molar-refractivity contribution is 6.11. The lowest BCUT2D eigenvalue weighted by Crippen LogP contribution is -1.91. The van der Waals surface area contributed by atoms with Crippen LogP contribution in [0.4, 0.5) is 8.78 Å². The Morgan fingerprint density at radius 2 is 0.708 bits per heavy atom. The molecule has 8 heteroatoms. The van der Waals surface area contributed by atoms with Crippen molar-refractivity contribution in [3.63, 3.8) is 0 Å². The van der Waals surface area contributed by atoms with Gasteiger partial charge in [0.05, 0.1) is 11.1 Å². The molecule has 0 fully saturated rings. The Hall–Kier alpha value is -7.62. The summed E-state index contributed by atoms with van der Waals surface area (Å²) in [5.41, 5.74) is 7.99. The van der Waals surface area contributed by atoms with E-state index in [0.717, 1.165) is 0 Å². The molecule has 0 radical (unpaired) electrons. The molecule has 0 saturated carbocycles. The number of rotatable bonds is 2. The van der Waals surface area contributed by atoms with E-state index in [9.17, 15) is 40.4 Å². The first-order chi connectivity index (χ1) is 23.3. The van der Waals surface area contributed by atoms with E-state index in [0.29, 0.717) is 77.9 Å². The molecule has 0 aromatic heterocycles. The molecule has 0 aliphatic heterocycles. The lowest BCUT2D eigenvalue weighted by molar-refractivity contribution is 0.624. The second-order valence-corrected chi connectivity index (χ2v) is 11.0. The number of benzene rings is 5. The van der Waals surface area contributed by atoms with Gasteiger partial charge < -0.3 is 0 Å². The Kier molecular flexibility index (Phi) is 6.72. The van der Waals surface area contributed by atoms with Crippen LogP contribution in [0.25, 0.3) is 55.7 Å². The van der Waals surface area contributed by atoms with Crippen LogP contribution in [0.5, 0.6) is 0 Å². The Morgan fingerprint density at radius 3 is 1.06 bits per heavy atom. The maximum atomic E-state index is 14.1. The molecule has 2 aliphatic carbocycles. The van der Waals surface area contributed by atoms with Crippen molar-refractivity contribution >= 4 is 11.1 Å². The van der Waals surface area contributed by atoms with Crippen LogP contribution in [0.15, 0.2) is 96.1 Å². The number of hydrogen-bond donors (Lipinski definition) is 0. The molecular weight excluding hydrogens is 602 g/mol. The normalized spacial score (nSPS) is 11.3. The van der Waals surface area contributed by atoms with Gasteiger partial charge in [-0.3, -0.25) is 0 Å². The smallest absolute Gasteiger partial charge is 0.140 e. The van der Waals surface area contributed by atoms with E-state index in [1.807, 2.05) is 60.7 Å². The van der Waals surface area contributed by atoms with Crippen LogP contribution in [0.3, 0.4) is 0 Å². The van der Waals surface area contributed by atoms with E-state index in [2.05, 4.69) is 0 Å². The highest BCUT2D eigenvalue weighted by Crippen LogP contribution is 2.54. The Morgan fingerprint density at radius 1 is 0.375 bits per heavy atom. The minimum absolute atomic E-state index is 0.116. The molecule has 0 amide bonds. The molecule has 5 aromatic carbocycles. The van der Waals surface area contributed by atoms with E-state index in [1.54, 1.807) is 36.4 Å². The zero-order valence-electron chi connectivity index (χ0n) is 24.5. The average molecular weight is 617 g/mol. The molecule has 6 nitrogen and oxygen atoms in total. The molecule has 0 N–H and O–H groups in total. The number of hydrogen-bond acceptors (Lipinski definition) is 6. The standard InChI is InChI=1S/C40H14F2N6/c41-37-7-3-21(9-25(37)15-43)23-1-5-29-31-13-36-32(14-35(31)39(33(29)11-23)27(17-45)18-46)30-6-2-24(12-34(30)40(36)28(19-47)20-48)22-4-8-38(42)26(10-22)16-44/h1-14H. The monoisotopic (exact) mass is 616 g/mol. The summed E-state index contributed by atoms with van der Waals surface area (Å²) in [6.07, 6.45) is 0. The minimum Gasteiger partial charge on any atom is -0.206 e. The molecule has 5 aromatic rings. The van der Waals surface area contributed by atoms with Crippen molar-refractivity contribution in [1.29, 1.82) is 31.6 Å². The molecule has 0 spiro atoms. The molecule has 7 rings (SSSR count). The maximum absolute atomic E-state index is 14.1. The van der Waals surface area contributed by atoms with E-state index >= 15 is 0 Å². The molecule has 0 saturated heterocycles. The second-order valence-electron chi connectivity index (χ2n) is 11.0. The lowest BCUT2D eigenvalue weighted by atomic mass is 9.93. The SMILES string of the molecule is N#CC(C#N)=C1c2cc(-c3ccc(F)c(C#N)c3)ccc2-c2cc3c(cc21)-c1ccc(-c2ccc(F)c(C#N)c2)cc1C3=C(C#N)C#N. The van der Waals surface area contributed by atoms with Crippen LogP contribution in [0.2, 0.25) is 0 Å². The van der Waals surface area contributed by atoms with Gasteiger partial charge in [0.15, 0.2) is 0 Å². The molecule has 0 bridgehead atoms. The Labute approximate surface area is 273 Å². The number of fused-ring (bicyclic) bond motifs is 6. The van der Waals surface area contributed by atoms with Crippen LogP contribution in [0, 0.1) is 79.6 Å². The van der Waals surface area contributed by atoms with E-state index in [1.165, 1.54) is 24.3 Å². The van der Waals surface area contributed by atoms with Crippen LogP contribution in [0.1, 0.15) is 33.4 Å². The van der Waals surface area contributed by atoms with Gasteiger partial charge >= 0.3 is 0 Å². The van der Waals surface area contributed by atoms with Crippen LogP contribution in [-0.2, 0) is 0 Å². The molecule has 218 valence electrons. The van der Waals surface area contributed by atoms with E-state index in [-0.39, 0.29) is 22.3 Å². The van der Waals surface area contributed by atoms with Crippen molar-refractivity contribution in [1.82, 2.24) is 0 Å². The summed E-state index contributed by atoms with van der Waals surface area (Å²) < 4.78 is 28.2. The van der Waals surface area contributed by atoms with Crippen molar-refractivity contribution in [2.75, 3.05) is 0 Å². The first kappa shape index (κ1) is 29.1. The zero-order valence-corrected chi connectivity index (χ0v) is 24.5. The van der Waals surface area contributed by atoms with Crippen molar-refractivity contribution in [3.8, 4) is 80.9 Å². The van der Waals surface area contributed by atoms with Gasteiger partial charge in [-0.1, -0.05) is 36.4 Å². The van der Waals surface area contributed by atoms with Gasteiger partial charge in [-0.05, 0) is 115 Å². The summed E-state index contributed by atoms with van der Waals surface area (Å²) in [5, 5.41) is 58.8. The molecule has 0 unspecified atom stereocenters. The average Bonchev–Trinajstić information content (AvgIpc) is 3.60. The predicted molar refractivity (Wildman–Crippen MR) is 172 cm³/mol. The summed E-state index contributed by atoms with van der Waals surface area (Å²) in [7, 11) is 0. The molecular formula is C40H14F2N6. The molecule has 2 aliphatic rings. The lowest BCUT2D eigenvalue weighted by Gasteiger charge is -2.08. The fraction of sp³-hybridized carbons (Fsp3) is 0. The zero-order chi connectivity index (χ0) is 33.7. The summed E-state index contributed by atoms with van der Waals surface area (Å²) in [4.78, 5) is 0. The molecule has 48 heavy (non-hydrogen) atoms. The number of nitriles is 6. The van der Waals surface area contributed by atoms with Crippen LogP contribution >= 0.6 is 0 Å². The topological polar surface area (TPSA) is 143 Å². The largest absolute Gasteiger partial charge is 0.206 e. The van der Waals surface area contributed by atoms with Gasteiger partial charge in [0.1, 0.15) is 59.2 Å². The second kappa shape index (κ2) is 11.1.